The van der Waals surface area contributed by atoms with Crippen molar-refractivity contribution in [3.63, 3.8) is 0 Å². The van der Waals surface area contributed by atoms with E-state index in [0.717, 1.165) is 0 Å². The van der Waals surface area contributed by atoms with Gasteiger partial charge in [0.25, 0.3) is 0 Å². The molecule has 8 heavy (non-hydrogen) atoms. The van der Waals surface area contributed by atoms with Gasteiger partial charge in [-0.25, -0.2) is 0 Å². The molecule has 0 aromatic rings. The molecule has 5 nitrogen and oxygen atoms in total. The molecule has 0 heterocycles. The molecule has 0 spiro atoms. The first-order valence-electron chi connectivity index (χ1n) is 0.854. The standard InChI is InChI=1S/CH2O.Na.H2O2S.H2O2.H/c1-2;;1-3-2;1-2;/h1H2;;1-2H;1-2H;/q;+1;;;-1. The fourth-order valence-electron chi connectivity index (χ4n) is 0. The van der Waals surface area contributed by atoms with Gasteiger partial charge in [-0.1, -0.05) is 0 Å². The van der Waals surface area contributed by atoms with Gasteiger partial charge in [-0.15, -0.1) is 0 Å². The first-order valence-corrected chi connectivity index (χ1v) is 1.58. The van der Waals surface area contributed by atoms with E-state index in [2.05, 4.69) is 0 Å². The van der Waals surface area contributed by atoms with E-state index in [9.17, 15) is 0 Å². The quantitative estimate of drug-likeness (QED) is 0.134. The van der Waals surface area contributed by atoms with Crippen LogP contribution in [0.4, 0.5) is 0 Å². The summed E-state index contributed by atoms with van der Waals surface area (Å²) in [5.41, 5.74) is 0. The summed E-state index contributed by atoms with van der Waals surface area (Å²) < 4.78 is 14.1. The molecule has 0 fully saturated rings. The van der Waals surface area contributed by atoms with E-state index in [1.54, 1.807) is 0 Å². The molecule has 0 saturated carbocycles. The van der Waals surface area contributed by atoms with Crippen LogP contribution in [-0.4, -0.2) is 26.4 Å². The summed E-state index contributed by atoms with van der Waals surface area (Å²) in [7, 11) is 0. The van der Waals surface area contributed by atoms with Crippen molar-refractivity contribution in [2.45, 2.75) is 0 Å². The SMILES string of the molecule is C=O.OO.OSO.[H-].[Na+]. The van der Waals surface area contributed by atoms with Crippen LogP contribution in [0.1, 0.15) is 1.43 Å². The van der Waals surface area contributed by atoms with Gasteiger partial charge in [0.1, 0.15) is 6.79 Å². The molecule has 0 rings (SSSR count). The average Bonchev–Trinajstić information content (AvgIpc) is 1.78. The number of carbonyl (C=O) groups is 1. The molecule has 0 aliphatic carbocycles. The monoisotopic (exact) mass is 154 g/mol. The molecular weight excluding hydrogens is 147 g/mol. The van der Waals surface area contributed by atoms with Gasteiger partial charge in [0.05, 0.1) is 0 Å². The number of hydrogen-bond acceptors (Lipinski definition) is 6. The summed E-state index contributed by atoms with van der Waals surface area (Å²) in [6, 6.07) is 0. The van der Waals surface area contributed by atoms with E-state index in [-0.39, 0.29) is 43.3 Å². The maximum atomic E-state index is 8.00. The van der Waals surface area contributed by atoms with E-state index in [4.69, 9.17) is 24.4 Å². The molecule has 0 aliphatic heterocycles. The van der Waals surface area contributed by atoms with Gasteiger partial charge < -0.3 is 15.3 Å². The predicted molar refractivity (Wildman–Crippen MR) is 26.3 cm³/mol. The van der Waals surface area contributed by atoms with Crippen LogP contribution in [0.25, 0.3) is 0 Å². The molecule has 0 aliphatic rings. The van der Waals surface area contributed by atoms with Crippen molar-refractivity contribution in [1.82, 2.24) is 0 Å². The zero-order valence-corrected chi connectivity index (χ0v) is 7.13. The van der Waals surface area contributed by atoms with Crippen molar-refractivity contribution in [1.29, 1.82) is 0 Å². The number of hydrogen-bond donors (Lipinski definition) is 4. The van der Waals surface area contributed by atoms with Crippen molar-refractivity contribution in [2.75, 3.05) is 0 Å². The molecule has 0 saturated heterocycles. The van der Waals surface area contributed by atoms with Gasteiger partial charge in [-0.2, -0.15) is 0 Å². The van der Waals surface area contributed by atoms with Crippen LogP contribution < -0.4 is 29.6 Å². The fourth-order valence-corrected chi connectivity index (χ4v) is 0. The predicted octanol–water partition coefficient (Wildman–Crippen LogP) is -2.39. The third kappa shape index (κ3) is 319. The van der Waals surface area contributed by atoms with Gasteiger partial charge in [0, 0.05) is 0 Å². The third-order valence-electron chi connectivity index (χ3n) is 0. The van der Waals surface area contributed by atoms with Crippen LogP contribution in [0, 0.1) is 0 Å². The fraction of sp³-hybridized carbons (Fsp3) is 0. The Balaban J connectivity index is -0.00000000825. The molecule has 0 radical (unpaired) electrons. The number of rotatable bonds is 0. The Hall–Kier alpha value is 0.860. The Morgan fingerprint density at radius 3 is 1.25 bits per heavy atom. The summed E-state index contributed by atoms with van der Waals surface area (Å²) in [6.07, 6.45) is 0. The first kappa shape index (κ1) is 23.2. The minimum Gasteiger partial charge on any atom is -1.00 e. The van der Waals surface area contributed by atoms with Crippen LogP contribution in [0.5, 0.6) is 0 Å². The zero-order chi connectivity index (χ0) is 6.71. The second-order valence-corrected chi connectivity index (χ2v) is 0.245. The summed E-state index contributed by atoms with van der Waals surface area (Å²) in [5.74, 6) is 0. The Bertz CT molecular complexity index is 20.9. The molecule has 7 heteroatoms. The van der Waals surface area contributed by atoms with E-state index in [1.807, 2.05) is 6.79 Å². The molecule has 48 valence electrons. The molecule has 4 N–H and O–H groups in total. The summed E-state index contributed by atoms with van der Waals surface area (Å²) in [5, 5.41) is 12.0. The summed E-state index contributed by atoms with van der Waals surface area (Å²) in [4.78, 5) is 8.00. The molecular formula is CH7NaO5S. The van der Waals surface area contributed by atoms with Crippen molar-refractivity contribution in [3.05, 3.63) is 0 Å². The van der Waals surface area contributed by atoms with Crippen LogP contribution in [0.3, 0.4) is 0 Å². The van der Waals surface area contributed by atoms with E-state index in [0.29, 0.717) is 0 Å². The first-order chi connectivity index (χ1) is 3.41. The Morgan fingerprint density at radius 2 is 1.25 bits per heavy atom. The van der Waals surface area contributed by atoms with Crippen LogP contribution in [0.2, 0.25) is 0 Å². The van der Waals surface area contributed by atoms with Crippen molar-refractivity contribution in [3.8, 4) is 0 Å². The van der Waals surface area contributed by atoms with Gasteiger partial charge in [0.2, 0.25) is 0 Å². The minimum atomic E-state index is -0.250. The minimum absolute atomic E-state index is 0. The Morgan fingerprint density at radius 1 is 1.25 bits per heavy atom. The Labute approximate surface area is 74.5 Å². The topological polar surface area (TPSA) is 98.0 Å². The molecule has 0 amide bonds. The van der Waals surface area contributed by atoms with E-state index < -0.39 is 0 Å². The summed E-state index contributed by atoms with van der Waals surface area (Å²) >= 11 is -0.250. The molecule has 0 aromatic heterocycles. The third-order valence-corrected chi connectivity index (χ3v) is 0. The van der Waals surface area contributed by atoms with Gasteiger partial charge in [-0.3, -0.25) is 10.5 Å². The number of carbonyl (C=O) groups excluding carboxylic acids is 1. The average molecular weight is 154 g/mol. The van der Waals surface area contributed by atoms with Gasteiger partial charge in [-0.05, 0) is 0 Å². The molecule has 0 unspecified atom stereocenters. The smallest absolute Gasteiger partial charge is 1.00 e. The Kier molecular flexibility index (Phi) is 310. The van der Waals surface area contributed by atoms with Gasteiger partial charge >= 0.3 is 29.6 Å². The van der Waals surface area contributed by atoms with Crippen LogP contribution in [0.15, 0.2) is 0 Å². The molecule has 0 atom stereocenters. The van der Waals surface area contributed by atoms with E-state index in [1.165, 1.54) is 0 Å². The maximum Gasteiger partial charge on any atom is 1.00 e. The second kappa shape index (κ2) is 107. The van der Waals surface area contributed by atoms with Gasteiger partial charge in [0.15, 0.2) is 12.3 Å². The molecule has 0 aromatic carbocycles. The summed E-state index contributed by atoms with van der Waals surface area (Å²) in [6.45, 7) is 2.00. The second-order valence-electron chi connectivity index (χ2n) is 0.0816. The van der Waals surface area contributed by atoms with Crippen molar-refractivity contribution >= 4 is 19.1 Å². The molecule has 0 bridgehead atoms. The van der Waals surface area contributed by atoms with Crippen molar-refractivity contribution < 1.29 is 55.4 Å². The largest absolute Gasteiger partial charge is 1.00 e. The maximum absolute atomic E-state index is 8.00. The van der Waals surface area contributed by atoms with Crippen LogP contribution >= 0.6 is 12.3 Å². The zero-order valence-electron chi connectivity index (χ0n) is 5.31. The van der Waals surface area contributed by atoms with Crippen LogP contribution in [-0.2, 0) is 4.79 Å². The normalized spacial score (nSPS) is 3.50. The van der Waals surface area contributed by atoms with E-state index >= 15 is 0 Å². The van der Waals surface area contributed by atoms with Crippen molar-refractivity contribution in [2.24, 2.45) is 0 Å².